The largest absolute Gasteiger partial charge is 0.0988 e. The van der Waals surface area contributed by atoms with Gasteiger partial charge in [-0.15, -0.1) is 0 Å². The molecule has 0 heterocycles. The summed E-state index contributed by atoms with van der Waals surface area (Å²) >= 11 is 0. The first kappa shape index (κ1) is 21.9. The SMILES string of the molecule is C=C/C(C)=C(/C=C\C=C/C)C(\C)=C/C.CC.CC. The van der Waals surface area contributed by atoms with Crippen molar-refractivity contribution in [1.29, 1.82) is 0 Å². The second kappa shape index (κ2) is 18.1. The standard InChI is InChI=1S/C14H20.2C2H6/c1-6-9-10-11-14(12(4)7-2)13(5)8-3;2*1-2/h6-11H,2H2,1,3-5H3;2*1-2H3/b9-6-,11-10-,13-8-,14-12-;;. The lowest BCUT2D eigenvalue weighted by Crippen LogP contribution is -1.85. The summed E-state index contributed by atoms with van der Waals surface area (Å²) in [5.41, 5.74) is 3.74. The van der Waals surface area contributed by atoms with Crippen molar-refractivity contribution in [2.45, 2.75) is 55.4 Å². The molecule has 0 heteroatoms. The quantitative estimate of drug-likeness (QED) is 0.489. The van der Waals surface area contributed by atoms with Crippen LogP contribution in [0.4, 0.5) is 0 Å². The van der Waals surface area contributed by atoms with Crippen LogP contribution < -0.4 is 0 Å². The van der Waals surface area contributed by atoms with E-state index >= 15 is 0 Å². The van der Waals surface area contributed by atoms with Gasteiger partial charge in [0, 0.05) is 0 Å². The zero-order valence-corrected chi connectivity index (χ0v) is 13.7. The first-order valence-electron chi connectivity index (χ1n) is 6.93. The average molecular weight is 248 g/mol. The van der Waals surface area contributed by atoms with E-state index in [9.17, 15) is 0 Å². The van der Waals surface area contributed by atoms with Gasteiger partial charge in [-0.05, 0) is 44.4 Å². The molecule has 0 rings (SSSR count). The van der Waals surface area contributed by atoms with E-state index in [2.05, 4.69) is 45.6 Å². The molecule has 0 aromatic heterocycles. The number of hydrogen-bond acceptors (Lipinski definition) is 0. The first-order valence-corrected chi connectivity index (χ1v) is 6.93. The zero-order valence-electron chi connectivity index (χ0n) is 13.7. The maximum atomic E-state index is 3.79. The van der Waals surface area contributed by atoms with Crippen LogP contribution in [0.5, 0.6) is 0 Å². The third-order valence-corrected chi connectivity index (χ3v) is 2.16. The van der Waals surface area contributed by atoms with E-state index in [1.807, 2.05) is 52.8 Å². The van der Waals surface area contributed by atoms with Crippen LogP contribution >= 0.6 is 0 Å². The highest BCUT2D eigenvalue weighted by atomic mass is 14.0. The van der Waals surface area contributed by atoms with Crippen LogP contribution in [0.2, 0.25) is 0 Å². The Morgan fingerprint density at radius 3 is 1.72 bits per heavy atom. The summed E-state index contributed by atoms with van der Waals surface area (Å²) in [7, 11) is 0. The summed E-state index contributed by atoms with van der Waals surface area (Å²) in [4.78, 5) is 0. The molecule has 0 saturated carbocycles. The van der Waals surface area contributed by atoms with Gasteiger partial charge >= 0.3 is 0 Å². The molecule has 0 aliphatic rings. The van der Waals surface area contributed by atoms with Gasteiger partial charge in [0.1, 0.15) is 0 Å². The van der Waals surface area contributed by atoms with E-state index < -0.39 is 0 Å². The van der Waals surface area contributed by atoms with E-state index in [1.54, 1.807) is 0 Å². The van der Waals surface area contributed by atoms with Crippen molar-refractivity contribution < 1.29 is 0 Å². The molecule has 104 valence electrons. The molecule has 0 fully saturated rings. The van der Waals surface area contributed by atoms with Gasteiger partial charge in [-0.2, -0.15) is 0 Å². The van der Waals surface area contributed by atoms with Crippen LogP contribution in [0, 0.1) is 0 Å². The second-order valence-corrected chi connectivity index (χ2v) is 3.16. The van der Waals surface area contributed by atoms with E-state index in [1.165, 1.54) is 16.7 Å². The molecule has 0 aromatic rings. The fourth-order valence-electron chi connectivity index (χ4n) is 1.10. The molecule has 0 atom stereocenters. The smallest absolute Gasteiger partial charge is 0.0202 e. The lowest BCUT2D eigenvalue weighted by atomic mass is 10.0. The first-order chi connectivity index (χ1) is 8.67. The lowest BCUT2D eigenvalue weighted by Gasteiger charge is -2.04. The fraction of sp³-hybridized carbons (Fsp3) is 0.444. The van der Waals surface area contributed by atoms with Crippen LogP contribution in [0.1, 0.15) is 55.4 Å². The summed E-state index contributed by atoms with van der Waals surface area (Å²) in [6.07, 6.45) is 12.2. The van der Waals surface area contributed by atoms with Crippen molar-refractivity contribution in [3.8, 4) is 0 Å². The van der Waals surface area contributed by atoms with Crippen LogP contribution in [-0.2, 0) is 0 Å². The highest BCUT2D eigenvalue weighted by Crippen LogP contribution is 2.16. The predicted molar refractivity (Wildman–Crippen MR) is 89.0 cm³/mol. The molecule has 0 unspecified atom stereocenters. The van der Waals surface area contributed by atoms with Gasteiger partial charge in [0.05, 0.1) is 0 Å². The van der Waals surface area contributed by atoms with Crippen molar-refractivity contribution in [2.24, 2.45) is 0 Å². The van der Waals surface area contributed by atoms with Gasteiger partial charge in [0.15, 0.2) is 0 Å². The van der Waals surface area contributed by atoms with Gasteiger partial charge in [-0.3, -0.25) is 0 Å². The van der Waals surface area contributed by atoms with Crippen molar-refractivity contribution in [3.63, 3.8) is 0 Å². The third kappa shape index (κ3) is 11.2. The Hall–Kier alpha value is -1.30. The molecule has 0 radical (unpaired) electrons. The maximum Gasteiger partial charge on any atom is -0.0202 e. The topological polar surface area (TPSA) is 0 Å². The highest BCUT2D eigenvalue weighted by molar-refractivity contribution is 5.45. The Bertz CT molecular complexity index is 296. The average Bonchev–Trinajstić information content (AvgIpc) is 2.46. The van der Waals surface area contributed by atoms with Crippen molar-refractivity contribution in [1.82, 2.24) is 0 Å². The molecule has 0 aliphatic carbocycles. The number of hydrogen-bond donors (Lipinski definition) is 0. The lowest BCUT2D eigenvalue weighted by molar-refractivity contribution is 1.33. The summed E-state index contributed by atoms with van der Waals surface area (Å²) in [5, 5.41) is 0. The molecule has 0 bridgehead atoms. The number of allylic oxidation sites excluding steroid dienone is 9. The summed E-state index contributed by atoms with van der Waals surface area (Å²) < 4.78 is 0. The molecule has 0 amide bonds. The van der Waals surface area contributed by atoms with E-state index in [4.69, 9.17) is 0 Å². The Kier molecular flexibility index (Phi) is 22.0. The van der Waals surface area contributed by atoms with Crippen LogP contribution in [0.25, 0.3) is 0 Å². The maximum absolute atomic E-state index is 3.79. The molecule has 0 nitrogen and oxygen atoms in total. The van der Waals surface area contributed by atoms with Gasteiger partial charge in [0.25, 0.3) is 0 Å². The minimum atomic E-state index is 1.21. The summed E-state index contributed by atoms with van der Waals surface area (Å²) in [6, 6.07) is 0. The highest BCUT2D eigenvalue weighted by Gasteiger charge is 1.96. The van der Waals surface area contributed by atoms with Gasteiger partial charge < -0.3 is 0 Å². The minimum Gasteiger partial charge on any atom is -0.0988 e. The van der Waals surface area contributed by atoms with E-state index in [-0.39, 0.29) is 0 Å². The van der Waals surface area contributed by atoms with Gasteiger partial charge in [0.2, 0.25) is 0 Å². The Balaban J connectivity index is -0.000000506. The third-order valence-electron chi connectivity index (χ3n) is 2.16. The van der Waals surface area contributed by atoms with Crippen molar-refractivity contribution >= 4 is 0 Å². The minimum absolute atomic E-state index is 1.21. The zero-order chi connectivity index (χ0) is 15.0. The molecule has 0 N–H and O–H groups in total. The van der Waals surface area contributed by atoms with Crippen molar-refractivity contribution in [3.05, 3.63) is 59.8 Å². The molecule has 18 heavy (non-hydrogen) atoms. The van der Waals surface area contributed by atoms with Crippen molar-refractivity contribution in [2.75, 3.05) is 0 Å². The van der Waals surface area contributed by atoms with Crippen LogP contribution in [0.15, 0.2) is 59.8 Å². The molecule has 0 spiro atoms. The molecule has 0 aliphatic heterocycles. The van der Waals surface area contributed by atoms with E-state index in [0.717, 1.165) is 0 Å². The number of rotatable bonds is 4. The Morgan fingerprint density at radius 1 is 0.889 bits per heavy atom. The van der Waals surface area contributed by atoms with E-state index in [0.29, 0.717) is 0 Å². The van der Waals surface area contributed by atoms with Gasteiger partial charge in [-0.1, -0.05) is 70.7 Å². The Morgan fingerprint density at radius 2 is 1.39 bits per heavy atom. The molecule has 0 aromatic carbocycles. The normalized spacial score (nSPS) is 12.3. The predicted octanol–water partition coefficient (Wildman–Crippen LogP) is 6.64. The summed E-state index contributed by atoms with van der Waals surface area (Å²) in [5.74, 6) is 0. The van der Waals surface area contributed by atoms with Gasteiger partial charge in [-0.25, -0.2) is 0 Å². The molecule has 0 saturated heterocycles. The fourth-order valence-corrected chi connectivity index (χ4v) is 1.10. The van der Waals surface area contributed by atoms with Crippen LogP contribution in [0.3, 0.4) is 0 Å². The van der Waals surface area contributed by atoms with Crippen LogP contribution in [-0.4, -0.2) is 0 Å². The Labute approximate surface area is 116 Å². The molecular formula is C18H32. The monoisotopic (exact) mass is 248 g/mol. The second-order valence-electron chi connectivity index (χ2n) is 3.16. The molecular weight excluding hydrogens is 216 g/mol. The summed E-state index contributed by atoms with van der Waals surface area (Å²) in [6.45, 7) is 20.0.